The molecule has 1 aliphatic heterocycles. The Morgan fingerprint density at radius 2 is 1.83 bits per heavy atom. The highest BCUT2D eigenvalue weighted by Crippen LogP contribution is 2.47. The molecular weight excluding hydrogens is 372 g/mol. The van der Waals surface area contributed by atoms with E-state index in [1.165, 1.54) is 38.5 Å². The highest BCUT2D eigenvalue weighted by molar-refractivity contribution is 6.10. The molecule has 1 aromatic carbocycles. The zero-order valence-electron chi connectivity index (χ0n) is 17.5. The molecule has 2 heterocycles. The number of hydrogen-bond acceptors (Lipinski definition) is 5. The molecule has 1 aromatic heterocycles. The van der Waals surface area contributed by atoms with E-state index in [1.54, 1.807) is 0 Å². The normalized spacial score (nSPS) is 20.3. The number of aromatic nitrogens is 1. The number of carbonyl (C=O) groups is 1. The summed E-state index contributed by atoms with van der Waals surface area (Å²) >= 11 is 0. The predicted octanol–water partition coefficient (Wildman–Crippen LogP) is 5.58. The van der Waals surface area contributed by atoms with Gasteiger partial charge in [-0.25, -0.2) is 4.98 Å². The average Bonchev–Trinajstić information content (AvgIpc) is 2.71. The van der Waals surface area contributed by atoms with Crippen LogP contribution in [0.15, 0.2) is 36.4 Å². The third-order valence-corrected chi connectivity index (χ3v) is 7.27. The Kier molecular flexibility index (Phi) is 5.05. The molecule has 5 rings (SSSR count). The maximum atomic E-state index is 11.7. The first-order chi connectivity index (χ1) is 14.7. The number of benzene rings is 1. The summed E-state index contributed by atoms with van der Waals surface area (Å²) in [7, 11) is 0. The summed E-state index contributed by atoms with van der Waals surface area (Å²) in [5, 5.41) is 12.4. The molecule has 2 N–H and O–H groups in total. The maximum Gasteiger partial charge on any atom is 0.168 e. The number of pyridine rings is 1. The predicted molar refractivity (Wildman–Crippen MR) is 121 cm³/mol. The lowest BCUT2D eigenvalue weighted by Crippen LogP contribution is -2.57. The zero-order chi connectivity index (χ0) is 20.6. The van der Waals surface area contributed by atoms with Crippen molar-refractivity contribution < 1.29 is 4.79 Å². The van der Waals surface area contributed by atoms with Gasteiger partial charge in [0.25, 0.3) is 0 Å². The lowest BCUT2D eigenvalue weighted by Gasteiger charge is -2.54. The van der Waals surface area contributed by atoms with Gasteiger partial charge in [0.15, 0.2) is 6.29 Å². The molecule has 2 saturated carbocycles. The first-order valence-corrected chi connectivity index (χ1v) is 11.3. The van der Waals surface area contributed by atoms with Crippen molar-refractivity contribution in [1.82, 2.24) is 4.98 Å². The zero-order valence-corrected chi connectivity index (χ0v) is 17.5. The van der Waals surface area contributed by atoms with Crippen LogP contribution >= 0.6 is 0 Å². The van der Waals surface area contributed by atoms with Crippen molar-refractivity contribution in [3.63, 3.8) is 0 Å². The van der Waals surface area contributed by atoms with Crippen molar-refractivity contribution in [2.75, 3.05) is 23.3 Å². The largest absolute Gasteiger partial charge is 0.370 e. The highest BCUT2D eigenvalue weighted by atomic mass is 16.1. The Hall–Kier alpha value is -2.69. The minimum atomic E-state index is 0.300. The Labute approximate surface area is 178 Å². The van der Waals surface area contributed by atoms with Crippen LogP contribution in [0.1, 0.15) is 67.4 Å². The highest BCUT2D eigenvalue weighted by Gasteiger charge is 2.44. The molecule has 156 valence electrons. The van der Waals surface area contributed by atoms with Gasteiger partial charge in [-0.05, 0) is 43.9 Å². The number of rotatable bonds is 6. The van der Waals surface area contributed by atoms with E-state index < -0.39 is 0 Å². The molecule has 3 fully saturated rings. The molecule has 3 aliphatic rings. The molecule has 0 unspecified atom stereocenters. The summed E-state index contributed by atoms with van der Waals surface area (Å²) in [5.74, 6) is 0.941. The van der Waals surface area contributed by atoms with Gasteiger partial charge >= 0.3 is 0 Å². The summed E-state index contributed by atoms with van der Waals surface area (Å²) in [6.45, 7) is 2.07. The number of carbonyl (C=O) groups excluding carboxylic acids is 1. The van der Waals surface area contributed by atoms with Crippen LogP contribution in [0, 0.1) is 16.7 Å². The molecule has 0 bridgehead atoms. The van der Waals surface area contributed by atoms with Gasteiger partial charge in [0.05, 0.1) is 11.3 Å². The van der Waals surface area contributed by atoms with Gasteiger partial charge in [-0.2, -0.15) is 0 Å². The second kappa shape index (κ2) is 7.86. The fraction of sp³-hybridized carbons (Fsp3) is 0.480. The van der Waals surface area contributed by atoms with Crippen molar-refractivity contribution in [3.8, 4) is 0 Å². The Bertz CT molecular complexity index is 937. The van der Waals surface area contributed by atoms with Crippen molar-refractivity contribution in [2.45, 2.75) is 51.4 Å². The van der Waals surface area contributed by atoms with E-state index >= 15 is 0 Å². The number of para-hydroxylation sites is 1. The van der Waals surface area contributed by atoms with Crippen LogP contribution < -0.4 is 10.2 Å². The Morgan fingerprint density at radius 3 is 2.47 bits per heavy atom. The molecule has 1 saturated heterocycles. The van der Waals surface area contributed by atoms with Crippen LogP contribution in [0.4, 0.5) is 17.2 Å². The summed E-state index contributed by atoms with van der Waals surface area (Å²) < 4.78 is 0. The van der Waals surface area contributed by atoms with Crippen LogP contribution in [-0.2, 0) is 0 Å². The molecule has 5 nitrogen and oxygen atoms in total. The van der Waals surface area contributed by atoms with E-state index in [0.29, 0.717) is 28.6 Å². The monoisotopic (exact) mass is 402 g/mol. The van der Waals surface area contributed by atoms with Gasteiger partial charge in [-0.1, -0.05) is 43.9 Å². The topological polar surface area (TPSA) is 69.1 Å². The van der Waals surface area contributed by atoms with Gasteiger partial charge in [0, 0.05) is 35.8 Å². The van der Waals surface area contributed by atoms with E-state index in [9.17, 15) is 4.79 Å². The van der Waals surface area contributed by atoms with E-state index in [4.69, 9.17) is 5.41 Å². The first-order valence-electron chi connectivity index (χ1n) is 11.3. The summed E-state index contributed by atoms with van der Waals surface area (Å²) in [6, 6.07) is 11.8. The molecule has 0 radical (unpaired) electrons. The van der Waals surface area contributed by atoms with E-state index in [0.717, 1.165) is 49.2 Å². The lowest BCUT2D eigenvalue weighted by atomic mass is 9.68. The number of aldehydes is 1. The second-order valence-corrected chi connectivity index (χ2v) is 9.36. The third-order valence-electron chi connectivity index (χ3n) is 7.27. The van der Waals surface area contributed by atoms with E-state index in [1.807, 2.05) is 36.4 Å². The Balaban J connectivity index is 1.53. The number of nitrogens with one attached hydrogen (secondary N) is 2. The molecular formula is C25H30N4O. The smallest absolute Gasteiger partial charge is 0.168 e. The SMILES string of the molecule is N=C(c1c(N2CC3(CCCCC3)C2)cc(C=O)nc1Nc1ccccc1)C1CCC1. The quantitative estimate of drug-likeness (QED) is 0.489. The summed E-state index contributed by atoms with van der Waals surface area (Å²) in [5.41, 5.74) is 4.36. The van der Waals surface area contributed by atoms with Crippen molar-refractivity contribution in [2.24, 2.45) is 11.3 Å². The summed E-state index contributed by atoms with van der Waals surface area (Å²) in [6.07, 6.45) is 10.8. The van der Waals surface area contributed by atoms with Crippen molar-refractivity contribution >= 4 is 29.2 Å². The van der Waals surface area contributed by atoms with Crippen molar-refractivity contribution in [1.29, 1.82) is 5.41 Å². The molecule has 0 amide bonds. The summed E-state index contributed by atoms with van der Waals surface area (Å²) in [4.78, 5) is 18.7. The van der Waals surface area contributed by atoms with Crippen LogP contribution in [0.3, 0.4) is 0 Å². The van der Waals surface area contributed by atoms with Gasteiger partial charge in [0.2, 0.25) is 0 Å². The van der Waals surface area contributed by atoms with Gasteiger partial charge < -0.3 is 15.6 Å². The van der Waals surface area contributed by atoms with Crippen LogP contribution in [0.25, 0.3) is 0 Å². The fourth-order valence-electron chi connectivity index (χ4n) is 5.33. The second-order valence-electron chi connectivity index (χ2n) is 9.36. The van der Waals surface area contributed by atoms with Crippen molar-refractivity contribution in [3.05, 3.63) is 47.7 Å². The molecule has 0 atom stereocenters. The standard InChI is InChI=1S/C25H30N4O/c26-23(18-8-7-9-18)22-21(29-16-25(17-29)12-5-2-6-13-25)14-20(15-30)28-24(22)27-19-10-3-1-4-11-19/h1,3-4,10-11,14-15,18,26H,2,5-9,12-13,16-17H2,(H,27,28). The molecule has 2 aliphatic carbocycles. The molecule has 5 heteroatoms. The maximum absolute atomic E-state index is 11.7. The first kappa shape index (κ1) is 19.3. The van der Waals surface area contributed by atoms with E-state index in [2.05, 4.69) is 15.2 Å². The fourth-order valence-corrected chi connectivity index (χ4v) is 5.33. The third kappa shape index (κ3) is 3.51. The van der Waals surface area contributed by atoms with Crippen LogP contribution in [-0.4, -0.2) is 30.1 Å². The minimum Gasteiger partial charge on any atom is -0.370 e. The average molecular weight is 403 g/mol. The molecule has 30 heavy (non-hydrogen) atoms. The van der Waals surface area contributed by atoms with Crippen LogP contribution in [0.5, 0.6) is 0 Å². The van der Waals surface area contributed by atoms with Gasteiger partial charge in [-0.3, -0.25) is 4.79 Å². The molecule has 1 spiro atoms. The van der Waals surface area contributed by atoms with E-state index in [-0.39, 0.29) is 0 Å². The van der Waals surface area contributed by atoms with Gasteiger partial charge in [0.1, 0.15) is 11.5 Å². The number of anilines is 3. The number of nitrogens with zero attached hydrogens (tertiary/aromatic N) is 2. The van der Waals surface area contributed by atoms with Gasteiger partial charge in [-0.15, -0.1) is 0 Å². The molecule has 2 aromatic rings. The number of hydrogen-bond donors (Lipinski definition) is 2. The minimum absolute atomic E-state index is 0.300. The Morgan fingerprint density at radius 1 is 1.10 bits per heavy atom. The lowest BCUT2D eigenvalue weighted by molar-refractivity contribution is 0.111. The van der Waals surface area contributed by atoms with Crippen LogP contribution in [0.2, 0.25) is 0 Å².